The highest BCUT2D eigenvalue weighted by molar-refractivity contribution is 5.99. The Morgan fingerprint density at radius 1 is 0.809 bits per heavy atom. The monoisotopic (exact) mass is 904 g/mol. The van der Waals surface area contributed by atoms with Gasteiger partial charge in [0.2, 0.25) is 5.91 Å². The van der Waals surface area contributed by atoms with Crippen LogP contribution in [0.4, 0.5) is 11.6 Å². The molecule has 68 heavy (non-hydrogen) atoms. The summed E-state index contributed by atoms with van der Waals surface area (Å²) in [6.07, 6.45) is 11.6. The molecule has 7 heterocycles. The van der Waals surface area contributed by atoms with E-state index in [1.54, 1.807) is 41.2 Å². The minimum absolute atomic E-state index is 0.00566. The Labute approximate surface area is 392 Å². The van der Waals surface area contributed by atoms with Gasteiger partial charge in [0.15, 0.2) is 11.4 Å². The fourth-order valence-electron chi connectivity index (χ4n) is 8.80. The highest BCUT2D eigenvalue weighted by Crippen LogP contribution is 2.38. The second-order valence-corrected chi connectivity index (χ2v) is 16.4. The summed E-state index contributed by atoms with van der Waals surface area (Å²) in [5, 5.41) is 5.62. The number of aromatic nitrogens is 8. The van der Waals surface area contributed by atoms with Crippen LogP contribution >= 0.6 is 0 Å². The second kappa shape index (κ2) is 19.8. The van der Waals surface area contributed by atoms with E-state index in [9.17, 15) is 14.4 Å². The number of Topliss-reactive ketones (excluding diaryl/α,β-unsaturated/α-hetero) is 1. The zero-order valence-corrected chi connectivity index (χ0v) is 37.4. The Bertz CT molecular complexity index is 3200. The number of pyridine rings is 1. The number of likely N-dealkylation sites (tertiary alicyclic amines) is 2. The highest BCUT2D eigenvalue weighted by atomic mass is 16.5. The summed E-state index contributed by atoms with van der Waals surface area (Å²) in [4.78, 5) is 63.2. The van der Waals surface area contributed by atoms with Crippen LogP contribution in [0.3, 0.4) is 0 Å². The van der Waals surface area contributed by atoms with E-state index in [4.69, 9.17) is 26.3 Å². The Hall–Kier alpha value is -8.71. The Morgan fingerprint density at radius 3 is 2.29 bits per heavy atom. The fraction of sp³-hybridized carbons (Fsp3) is 0.212. The summed E-state index contributed by atoms with van der Waals surface area (Å²) in [7, 11) is 0. The highest BCUT2D eigenvalue weighted by Gasteiger charge is 2.34. The summed E-state index contributed by atoms with van der Waals surface area (Å²) in [6.45, 7) is 7.17. The lowest BCUT2D eigenvalue weighted by atomic mass is 10.0. The number of piperidine rings is 1. The van der Waals surface area contributed by atoms with Crippen molar-refractivity contribution in [3.8, 4) is 45.9 Å². The molecule has 2 saturated heterocycles. The molecule has 5 aromatic heterocycles. The Kier molecular flexibility index (Phi) is 13.0. The number of nitrogens with two attached hydrogens (primary N) is 2. The number of nitrogens with zero attached hydrogens (tertiary/aromatic N) is 10. The van der Waals surface area contributed by atoms with Gasteiger partial charge in [-0.05, 0) is 93.1 Å². The number of hydrogen-bond acceptors (Lipinski definition) is 12. The van der Waals surface area contributed by atoms with Gasteiger partial charge in [0.25, 0.3) is 5.91 Å². The van der Waals surface area contributed by atoms with Gasteiger partial charge >= 0.3 is 0 Å². The van der Waals surface area contributed by atoms with Gasteiger partial charge in [-0.3, -0.25) is 23.8 Å². The predicted molar refractivity (Wildman–Crippen MR) is 259 cm³/mol. The SMILES string of the molecule is C=CC(=O)N1CCC[C@@H](n2nc(-c3ccc(Oc4ccccc4)cc3)c3c(N)ncnc32)C1.CC#CC(=O)N1CCC[C@H]1c1nc(-c2ccc(C(=O)Cc3ccccn3)cc2)c2c(N)nccn12. The van der Waals surface area contributed by atoms with Gasteiger partial charge in [-0.1, -0.05) is 61.0 Å². The van der Waals surface area contributed by atoms with Crippen LogP contribution in [0.25, 0.3) is 39.1 Å². The lowest BCUT2D eigenvalue weighted by Gasteiger charge is -2.32. The number of para-hydroxylation sites is 1. The summed E-state index contributed by atoms with van der Waals surface area (Å²) in [5.41, 5.74) is 18.3. The van der Waals surface area contributed by atoms with Crippen molar-refractivity contribution in [3.05, 3.63) is 152 Å². The molecule has 2 aliphatic rings. The molecule has 0 spiro atoms. The van der Waals surface area contributed by atoms with Crippen LogP contribution in [-0.2, 0) is 16.0 Å². The van der Waals surface area contributed by atoms with Crippen molar-refractivity contribution >= 4 is 45.8 Å². The summed E-state index contributed by atoms with van der Waals surface area (Å²) >= 11 is 0. The van der Waals surface area contributed by atoms with Crippen molar-refractivity contribution in [3.63, 3.8) is 0 Å². The first-order valence-corrected chi connectivity index (χ1v) is 22.3. The van der Waals surface area contributed by atoms with Crippen LogP contribution in [0, 0.1) is 11.8 Å². The number of ether oxygens (including phenoxy) is 1. The van der Waals surface area contributed by atoms with E-state index >= 15 is 0 Å². The maximum Gasteiger partial charge on any atom is 0.299 e. The molecule has 340 valence electrons. The average molecular weight is 905 g/mol. The van der Waals surface area contributed by atoms with Crippen molar-refractivity contribution < 1.29 is 19.1 Å². The van der Waals surface area contributed by atoms with Gasteiger partial charge in [0.05, 0.1) is 23.9 Å². The fourth-order valence-corrected chi connectivity index (χ4v) is 8.80. The number of imidazole rings is 1. The van der Waals surface area contributed by atoms with Crippen LogP contribution in [0.1, 0.15) is 66.6 Å². The van der Waals surface area contributed by atoms with Gasteiger partial charge in [0, 0.05) is 60.6 Å². The zero-order chi connectivity index (χ0) is 47.1. The van der Waals surface area contributed by atoms with Crippen LogP contribution in [-0.4, -0.2) is 86.1 Å². The molecular weight excluding hydrogens is 857 g/mol. The summed E-state index contributed by atoms with van der Waals surface area (Å²) < 4.78 is 9.70. The van der Waals surface area contributed by atoms with Crippen LogP contribution < -0.4 is 16.2 Å². The van der Waals surface area contributed by atoms with E-state index < -0.39 is 0 Å². The smallest absolute Gasteiger partial charge is 0.299 e. The number of carbonyl (C=O) groups is 3. The number of fused-ring (bicyclic) bond motifs is 2. The maximum atomic E-state index is 12.7. The van der Waals surface area contributed by atoms with Crippen molar-refractivity contribution in [2.75, 3.05) is 31.1 Å². The zero-order valence-electron chi connectivity index (χ0n) is 37.4. The van der Waals surface area contributed by atoms with E-state index in [2.05, 4.69) is 38.4 Å². The molecule has 0 radical (unpaired) electrons. The standard InChI is InChI=1S/C27H24N6O2.C25H24N6O2/c1-2-6-23(35)32-15-5-8-21(32)27-31-24(25-26(28)30-14-16-33(25)27)19-11-9-18(10-12-19)22(34)17-20-7-3-4-13-29-20;1-2-21(32)30-14-6-7-18(15-30)31-25-22(24(26)27-16-28-25)23(29-31)17-10-12-20(13-11-17)33-19-8-4-3-5-9-19/h3-4,7,9-14,16,21H,5,8,15,17H2,1H3,(H2,28,30);2-5,8-13,16,18H,1,6-7,14-15H2,(H2,26,27,28)/t21-;18-/m01/s1. The number of benzene rings is 3. The van der Waals surface area contributed by atoms with Crippen LogP contribution in [0.2, 0.25) is 0 Å². The van der Waals surface area contributed by atoms with Gasteiger partial charge in [0.1, 0.15) is 52.2 Å². The number of amides is 2. The number of anilines is 2. The Morgan fingerprint density at radius 2 is 1.54 bits per heavy atom. The predicted octanol–water partition coefficient (Wildman–Crippen LogP) is 7.70. The van der Waals surface area contributed by atoms with E-state index in [-0.39, 0.29) is 36.1 Å². The largest absolute Gasteiger partial charge is 0.457 e. The van der Waals surface area contributed by atoms with Crippen molar-refractivity contribution in [1.29, 1.82) is 0 Å². The van der Waals surface area contributed by atoms with E-state index in [1.807, 2.05) is 100 Å². The number of rotatable bonds is 10. The summed E-state index contributed by atoms with van der Waals surface area (Å²) in [5.74, 6) is 8.00. The minimum atomic E-state index is -0.203. The first kappa shape index (κ1) is 44.5. The van der Waals surface area contributed by atoms with Crippen LogP contribution in [0.5, 0.6) is 11.5 Å². The van der Waals surface area contributed by atoms with Crippen molar-refractivity contribution in [1.82, 2.24) is 48.9 Å². The third-order valence-corrected chi connectivity index (χ3v) is 12.1. The molecule has 2 fully saturated rings. The van der Waals surface area contributed by atoms with Gasteiger partial charge < -0.3 is 26.0 Å². The molecule has 2 amide bonds. The van der Waals surface area contributed by atoms with Gasteiger partial charge in [-0.15, -0.1) is 0 Å². The normalized spacial score (nSPS) is 15.5. The van der Waals surface area contributed by atoms with Crippen LogP contribution in [0.15, 0.2) is 135 Å². The van der Waals surface area contributed by atoms with Crippen molar-refractivity contribution in [2.45, 2.75) is 51.1 Å². The molecule has 0 aliphatic carbocycles. The van der Waals surface area contributed by atoms with E-state index in [0.29, 0.717) is 64.8 Å². The molecule has 4 N–H and O–H groups in total. The third kappa shape index (κ3) is 9.22. The molecule has 16 heteroatoms. The molecular formula is C52H48N12O4. The number of ketones is 1. The molecule has 2 aliphatic heterocycles. The molecule has 16 nitrogen and oxygen atoms in total. The lowest BCUT2D eigenvalue weighted by molar-refractivity contribution is -0.127. The number of carbonyl (C=O) groups excluding carboxylic acids is 3. The molecule has 3 aromatic carbocycles. The molecule has 8 aromatic rings. The van der Waals surface area contributed by atoms with E-state index in [1.165, 1.54) is 12.4 Å². The molecule has 10 rings (SSSR count). The molecule has 0 bridgehead atoms. The van der Waals surface area contributed by atoms with Crippen molar-refractivity contribution in [2.24, 2.45) is 0 Å². The topological polar surface area (TPSA) is 206 Å². The first-order valence-electron chi connectivity index (χ1n) is 22.3. The molecule has 0 unspecified atom stereocenters. The third-order valence-electron chi connectivity index (χ3n) is 12.1. The first-order chi connectivity index (χ1) is 33.2. The second-order valence-electron chi connectivity index (χ2n) is 16.4. The van der Waals surface area contributed by atoms with E-state index in [0.717, 1.165) is 59.8 Å². The molecule has 0 saturated carbocycles. The summed E-state index contributed by atoms with van der Waals surface area (Å²) in [6, 6.07) is 30.0. The lowest BCUT2D eigenvalue weighted by Crippen LogP contribution is -2.40. The van der Waals surface area contributed by atoms with Gasteiger partial charge in [-0.25, -0.2) is 24.6 Å². The number of nitrogen functional groups attached to an aromatic ring is 2. The average Bonchev–Trinajstić information content (AvgIpc) is 4.13. The van der Waals surface area contributed by atoms with Gasteiger partial charge in [-0.2, -0.15) is 5.10 Å². The number of hydrogen-bond donors (Lipinski definition) is 2. The minimum Gasteiger partial charge on any atom is -0.457 e. The maximum absolute atomic E-state index is 12.7. The molecule has 2 atom stereocenters. The Balaban J connectivity index is 0.000000170. The quantitative estimate of drug-likeness (QED) is 0.0770.